The van der Waals surface area contributed by atoms with Crippen LogP contribution in [0.15, 0.2) is 24.3 Å². The molecule has 2 N–H and O–H groups in total. The smallest absolute Gasteiger partial charge is 0.307 e. The summed E-state index contributed by atoms with van der Waals surface area (Å²) in [6.45, 7) is 3.14. The molecule has 4 nitrogen and oxygen atoms in total. The zero-order chi connectivity index (χ0) is 13.0. The van der Waals surface area contributed by atoms with Crippen molar-refractivity contribution in [3.05, 3.63) is 27.8 Å². The minimum Gasteiger partial charge on any atom is -0.481 e. The van der Waals surface area contributed by atoms with Crippen LogP contribution in [-0.2, 0) is 9.59 Å². The Morgan fingerprint density at radius 2 is 1.71 bits per heavy atom. The highest BCUT2D eigenvalue weighted by Crippen LogP contribution is 2.16. The number of nitrogens with one attached hydrogen (secondary N) is 1. The fourth-order valence-corrected chi connectivity index (χ4v) is 1.59. The summed E-state index contributed by atoms with van der Waals surface area (Å²) in [5.41, 5.74) is 0.680. The maximum absolute atomic E-state index is 11.8. The molecule has 0 aliphatic heterocycles. The van der Waals surface area contributed by atoms with E-state index in [1.165, 1.54) is 6.92 Å². The van der Waals surface area contributed by atoms with E-state index in [4.69, 9.17) is 5.11 Å². The Bertz CT molecular complexity index is 416. The van der Waals surface area contributed by atoms with Gasteiger partial charge in [0.2, 0.25) is 5.91 Å². The number of rotatable bonds is 4. The first-order valence-corrected chi connectivity index (χ1v) is 6.29. The van der Waals surface area contributed by atoms with Gasteiger partial charge in [-0.25, -0.2) is 0 Å². The van der Waals surface area contributed by atoms with Gasteiger partial charge in [0, 0.05) is 15.2 Å². The number of benzene rings is 1. The summed E-state index contributed by atoms with van der Waals surface area (Å²) in [7, 11) is 0. The second-order valence-corrected chi connectivity index (χ2v) is 5.16. The standard InChI is InChI=1S/C12H14INO3/c1-7(8(2)12(16)17)11(15)14-10-5-3-9(13)4-6-10/h3-8H,1-2H3,(H,14,15)(H,16,17). The summed E-state index contributed by atoms with van der Waals surface area (Å²) in [6.07, 6.45) is 0. The van der Waals surface area contributed by atoms with E-state index in [0.29, 0.717) is 5.69 Å². The highest BCUT2D eigenvalue weighted by Gasteiger charge is 2.25. The van der Waals surface area contributed by atoms with Crippen LogP contribution in [0.25, 0.3) is 0 Å². The van der Waals surface area contributed by atoms with Crippen molar-refractivity contribution in [2.75, 3.05) is 5.32 Å². The minimum absolute atomic E-state index is 0.277. The Morgan fingerprint density at radius 1 is 1.18 bits per heavy atom. The van der Waals surface area contributed by atoms with Crippen molar-refractivity contribution >= 4 is 40.2 Å². The molecule has 0 aromatic heterocycles. The fraction of sp³-hybridized carbons (Fsp3) is 0.333. The molecular weight excluding hydrogens is 333 g/mol. The lowest BCUT2D eigenvalue weighted by molar-refractivity contribution is -0.145. The molecule has 1 aromatic rings. The Hall–Kier alpha value is -1.11. The fourth-order valence-electron chi connectivity index (χ4n) is 1.23. The van der Waals surface area contributed by atoms with Crippen LogP contribution in [0.4, 0.5) is 5.69 Å². The molecule has 0 fully saturated rings. The number of anilines is 1. The van der Waals surface area contributed by atoms with E-state index >= 15 is 0 Å². The van der Waals surface area contributed by atoms with Crippen LogP contribution in [0, 0.1) is 15.4 Å². The summed E-state index contributed by atoms with van der Waals surface area (Å²) in [4.78, 5) is 22.5. The van der Waals surface area contributed by atoms with E-state index in [-0.39, 0.29) is 5.91 Å². The topological polar surface area (TPSA) is 66.4 Å². The molecule has 0 saturated carbocycles. The number of carbonyl (C=O) groups excluding carboxylic acids is 1. The van der Waals surface area contributed by atoms with Crippen molar-refractivity contribution in [2.24, 2.45) is 11.8 Å². The van der Waals surface area contributed by atoms with Gasteiger partial charge in [0.15, 0.2) is 0 Å². The van der Waals surface area contributed by atoms with E-state index < -0.39 is 17.8 Å². The molecule has 0 aliphatic carbocycles. The lowest BCUT2D eigenvalue weighted by Gasteiger charge is -2.15. The first kappa shape index (κ1) is 14.0. The molecular formula is C12H14INO3. The summed E-state index contributed by atoms with van der Waals surface area (Å²) in [5, 5.41) is 11.5. The van der Waals surface area contributed by atoms with E-state index in [9.17, 15) is 9.59 Å². The number of carboxylic acid groups (broad SMARTS) is 1. The van der Waals surface area contributed by atoms with Crippen LogP contribution in [0.1, 0.15) is 13.8 Å². The van der Waals surface area contributed by atoms with Gasteiger partial charge in [-0.2, -0.15) is 0 Å². The van der Waals surface area contributed by atoms with Gasteiger partial charge in [0.1, 0.15) is 0 Å². The molecule has 1 aromatic carbocycles. The summed E-state index contributed by atoms with van der Waals surface area (Å²) >= 11 is 2.17. The lowest BCUT2D eigenvalue weighted by atomic mass is 9.95. The molecule has 0 spiro atoms. The number of hydrogen-bond acceptors (Lipinski definition) is 2. The molecule has 17 heavy (non-hydrogen) atoms. The van der Waals surface area contributed by atoms with Gasteiger partial charge in [-0.05, 0) is 46.9 Å². The Labute approximate surface area is 114 Å². The number of carbonyl (C=O) groups is 2. The number of hydrogen-bond donors (Lipinski definition) is 2. The predicted octanol–water partition coefficient (Wildman–Crippen LogP) is 2.59. The number of amides is 1. The quantitative estimate of drug-likeness (QED) is 0.823. The van der Waals surface area contributed by atoms with E-state index in [1.54, 1.807) is 19.1 Å². The van der Waals surface area contributed by atoms with E-state index in [1.807, 2.05) is 12.1 Å². The SMILES string of the molecule is CC(C(=O)O)C(C)C(=O)Nc1ccc(I)cc1. The van der Waals surface area contributed by atoms with Crippen LogP contribution < -0.4 is 5.32 Å². The third-order valence-electron chi connectivity index (χ3n) is 2.66. The second kappa shape index (κ2) is 6.00. The first-order valence-electron chi connectivity index (χ1n) is 5.21. The first-order chi connectivity index (χ1) is 7.91. The zero-order valence-corrected chi connectivity index (χ0v) is 11.8. The molecule has 0 saturated heterocycles. The second-order valence-electron chi connectivity index (χ2n) is 3.91. The monoisotopic (exact) mass is 347 g/mol. The largest absolute Gasteiger partial charge is 0.481 e. The van der Waals surface area contributed by atoms with Crippen LogP contribution >= 0.6 is 22.6 Å². The van der Waals surface area contributed by atoms with Gasteiger partial charge in [0.25, 0.3) is 0 Å². The molecule has 1 amide bonds. The summed E-state index contributed by atoms with van der Waals surface area (Å²) < 4.78 is 1.08. The molecule has 0 radical (unpaired) electrons. The maximum Gasteiger partial charge on any atom is 0.307 e. The Balaban J connectivity index is 2.66. The molecule has 0 heterocycles. The molecule has 1 rings (SSSR count). The minimum atomic E-state index is -0.963. The lowest BCUT2D eigenvalue weighted by Crippen LogP contribution is -2.29. The van der Waals surface area contributed by atoms with Gasteiger partial charge in [0.05, 0.1) is 5.92 Å². The van der Waals surface area contributed by atoms with E-state index in [2.05, 4.69) is 27.9 Å². The number of aliphatic carboxylic acids is 1. The number of carboxylic acids is 1. The average Bonchev–Trinajstić information content (AvgIpc) is 2.30. The van der Waals surface area contributed by atoms with Crippen molar-refractivity contribution < 1.29 is 14.7 Å². The summed E-state index contributed by atoms with van der Waals surface area (Å²) in [6, 6.07) is 7.33. The van der Waals surface area contributed by atoms with Crippen molar-refractivity contribution in [3.63, 3.8) is 0 Å². The van der Waals surface area contributed by atoms with Crippen molar-refractivity contribution in [1.29, 1.82) is 0 Å². The average molecular weight is 347 g/mol. The van der Waals surface area contributed by atoms with Gasteiger partial charge in [-0.15, -0.1) is 0 Å². The van der Waals surface area contributed by atoms with Crippen LogP contribution in [-0.4, -0.2) is 17.0 Å². The van der Waals surface area contributed by atoms with Crippen LogP contribution in [0.3, 0.4) is 0 Å². The normalized spacial score (nSPS) is 13.8. The van der Waals surface area contributed by atoms with Gasteiger partial charge in [-0.3, -0.25) is 9.59 Å². The number of halogens is 1. The predicted molar refractivity (Wildman–Crippen MR) is 73.8 cm³/mol. The molecule has 2 unspecified atom stereocenters. The third-order valence-corrected chi connectivity index (χ3v) is 3.38. The van der Waals surface area contributed by atoms with Crippen molar-refractivity contribution in [2.45, 2.75) is 13.8 Å². The highest BCUT2D eigenvalue weighted by atomic mass is 127. The zero-order valence-electron chi connectivity index (χ0n) is 9.61. The van der Waals surface area contributed by atoms with Crippen molar-refractivity contribution in [1.82, 2.24) is 0 Å². The van der Waals surface area contributed by atoms with Crippen LogP contribution in [0.2, 0.25) is 0 Å². The highest BCUT2D eigenvalue weighted by molar-refractivity contribution is 14.1. The Kier molecular flexibility index (Phi) is 4.92. The maximum atomic E-state index is 11.8. The molecule has 2 atom stereocenters. The third kappa shape index (κ3) is 3.99. The van der Waals surface area contributed by atoms with Gasteiger partial charge in [-0.1, -0.05) is 13.8 Å². The van der Waals surface area contributed by atoms with E-state index in [0.717, 1.165) is 3.57 Å². The van der Waals surface area contributed by atoms with Crippen LogP contribution in [0.5, 0.6) is 0 Å². The van der Waals surface area contributed by atoms with Crippen molar-refractivity contribution in [3.8, 4) is 0 Å². The Morgan fingerprint density at radius 3 is 2.18 bits per heavy atom. The molecule has 92 valence electrons. The summed E-state index contributed by atoms with van der Waals surface area (Å²) in [5.74, 6) is -2.50. The van der Waals surface area contributed by atoms with Gasteiger partial charge >= 0.3 is 5.97 Å². The molecule has 0 bridgehead atoms. The van der Waals surface area contributed by atoms with Gasteiger partial charge < -0.3 is 10.4 Å². The molecule has 0 aliphatic rings. The molecule has 5 heteroatoms.